The molecule has 0 aliphatic carbocycles. The largest absolute Gasteiger partial charge is 0.278 e. The Morgan fingerprint density at radius 1 is 0.476 bits per heavy atom. The first-order valence-electron chi connectivity index (χ1n) is 22.8. The second-order valence-electron chi connectivity index (χ2n) is 16.4. The average Bonchev–Trinajstić information content (AvgIpc) is 3.90. The Morgan fingerprint density at radius 2 is 1.00 bits per heavy atom. The van der Waals surface area contributed by atoms with E-state index in [4.69, 9.17) is 9.10 Å². The van der Waals surface area contributed by atoms with Crippen molar-refractivity contribution in [1.29, 1.82) is 0 Å². The highest BCUT2D eigenvalue weighted by molar-refractivity contribution is 8.00. The van der Waals surface area contributed by atoms with Gasteiger partial charge in [0.1, 0.15) is 0 Å². The van der Waals surface area contributed by atoms with E-state index >= 15 is 0 Å². The number of aryl methyl sites for hydroxylation is 1. The summed E-state index contributed by atoms with van der Waals surface area (Å²) in [7, 11) is -3.25. The third kappa shape index (κ3) is 5.08. The molecule has 0 saturated heterocycles. The van der Waals surface area contributed by atoms with Crippen LogP contribution in [0.3, 0.4) is 0 Å². The van der Waals surface area contributed by atoms with Crippen LogP contribution in [0.4, 0.5) is 0 Å². The SMILES string of the molecule is [2H]C([2H])([2H])c1cccc2c1nc1n(-c3cccc([Si](c4ccccc4)(c4ccccc4)c4cccc5c4Sc4ccccc4C54c5ccccc5Sc5ccccc54)c3)c3ccccc3n21. The lowest BCUT2D eigenvalue weighted by molar-refractivity contribution is 0.668. The third-order valence-corrected chi connectivity index (χ3v) is 20.7. The number of benzene rings is 9. The Bertz CT molecular complexity index is 3630. The molecule has 0 bridgehead atoms. The minimum Gasteiger partial charge on any atom is -0.278 e. The van der Waals surface area contributed by atoms with Crippen LogP contribution >= 0.6 is 23.5 Å². The third-order valence-electron chi connectivity index (χ3n) is 13.3. The molecule has 9 aromatic carbocycles. The van der Waals surface area contributed by atoms with Crippen molar-refractivity contribution < 1.29 is 4.11 Å². The molecule has 63 heavy (non-hydrogen) atoms. The van der Waals surface area contributed by atoms with E-state index in [1.807, 2.05) is 41.7 Å². The zero-order valence-corrected chi connectivity index (χ0v) is 36.6. The Hall–Kier alpha value is -6.83. The molecule has 2 aromatic heterocycles. The van der Waals surface area contributed by atoms with Crippen molar-refractivity contribution >= 4 is 80.2 Å². The molecule has 2 aliphatic rings. The standard InChI is InChI=1S/C57H39N3S2Si/c1-38-19-16-32-49-54(38)58-56-59(47-30-11-12-31-48(47)60(49)56)39-20-17-25-42(37-39)63(40-21-4-2-5-22-40,41-23-6-3-7-24-41)53-36-18-29-46-55(53)62-52-35-15-10-28-45(52)57(46)43-26-8-13-33-50(43)61-51-34-14-9-27-44(51)57/h2-37H,1H3/i1D3. The van der Waals surface area contributed by atoms with E-state index in [1.165, 1.54) is 62.6 Å². The van der Waals surface area contributed by atoms with Crippen molar-refractivity contribution in [3.05, 3.63) is 246 Å². The second kappa shape index (κ2) is 14.1. The molecule has 0 atom stereocenters. The molecule has 11 aromatic rings. The van der Waals surface area contributed by atoms with Crippen molar-refractivity contribution in [3.63, 3.8) is 0 Å². The summed E-state index contributed by atoms with van der Waals surface area (Å²) in [6, 6.07) is 79.5. The topological polar surface area (TPSA) is 22.2 Å². The molecular formula is C57H39N3S2Si. The lowest BCUT2D eigenvalue weighted by Gasteiger charge is -2.47. The van der Waals surface area contributed by atoms with Gasteiger partial charge >= 0.3 is 0 Å². The summed E-state index contributed by atoms with van der Waals surface area (Å²) in [6.45, 7) is -2.32. The van der Waals surface area contributed by atoms with Crippen molar-refractivity contribution in [2.45, 2.75) is 31.8 Å². The number of nitrogens with zero attached hydrogens (tertiary/aromatic N) is 3. The van der Waals surface area contributed by atoms with Crippen LogP contribution in [0.5, 0.6) is 0 Å². The van der Waals surface area contributed by atoms with E-state index in [2.05, 4.69) is 203 Å². The highest BCUT2D eigenvalue weighted by atomic mass is 32.2. The maximum absolute atomic E-state index is 8.43. The van der Waals surface area contributed by atoms with E-state index in [9.17, 15) is 0 Å². The fourth-order valence-electron chi connectivity index (χ4n) is 10.8. The smallest absolute Gasteiger partial charge is 0.220 e. The molecule has 3 nitrogen and oxygen atoms in total. The lowest BCUT2D eigenvalue weighted by Crippen LogP contribution is -2.75. The normalized spacial score (nSPS) is 14.7. The Balaban J connectivity index is 1.15. The summed E-state index contributed by atoms with van der Waals surface area (Å²) in [5, 5.41) is 5.13. The summed E-state index contributed by atoms with van der Waals surface area (Å²) in [5.74, 6) is 0.672. The van der Waals surface area contributed by atoms with E-state index in [-0.39, 0.29) is 5.56 Å². The predicted octanol–water partition coefficient (Wildman–Crippen LogP) is 11.4. The molecular weight excluding hydrogens is 819 g/mol. The van der Waals surface area contributed by atoms with Crippen molar-refractivity contribution in [3.8, 4) is 5.69 Å². The minimum atomic E-state index is -3.25. The van der Waals surface area contributed by atoms with Gasteiger partial charge in [-0.3, -0.25) is 8.97 Å². The number of rotatable bonds is 5. The quantitative estimate of drug-likeness (QED) is 0.127. The molecule has 0 unspecified atom stereocenters. The molecule has 0 radical (unpaired) electrons. The van der Waals surface area contributed by atoms with Crippen LogP contribution < -0.4 is 20.7 Å². The summed E-state index contributed by atoms with van der Waals surface area (Å²) >= 11 is 3.78. The number of para-hydroxylation sites is 3. The van der Waals surface area contributed by atoms with Crippen molar-refractivity contribution in [2.75, 3.05) is 0 Å². The summed E-state index contributed by atoms with van der Waals surface area (Å²) < 4.78 is 29.6. The Morgan fingerprint density at radius 3 is 1.67 bits per heavy atom. The van der Waals surface area contributed by atoms with Crippen molar-refractivity contribution in [2.24, 2.45) is 0 Å². The molecule has 0 amide bonds. The number of hydrogen-bond acceptors (Lipinski definition) is 3. The summed E-state index contributed by atoms with van der Waals surface area (Å²) in [4.78, 5) is 10.3. The molecule has 13 rings (SSSR count). The summed E-state index contributed by atoms with van der Waals surface area (Å²) in [6.07, 6.45) is 0. The van der Waals surface area contributed by atoms with Gasteiger partial charge in [0.25, 0.3) is 0 Å². The first kappa shape index (κ1) is 33.8. The van der Waals surface area contributed by atoms with Crippen LogP contribution in [0.2, 0.25) is 0 Å². The predicted molar refractivity (Wildman–Crippen MR) is 264 cm³/mol. The number of aromatic nitrogens is 3. The first-order chi connectivity index (χ1) is 32.4. The van der Waals surface area contributed by atoms with Gasteiger partial charge in [0, 0.05) is 29.4 Å². The molecule has 298 valence electrons. The average molecular weight is 861 g/mol. The van der Waals surface area contributed by atoms with Gasteiger partial charge in [-0.25, -0.2) is 4.98 Å². The maximum Gasteiger partial charge on any atom is 0.220 e. The van der Waals surface area contributed by atoms with E-state index in [0.717, 1.165) is 22.2 Å². The van der Waals surface area contributed by atoms with Gasteiger partial charge in [0.15, 0.2) is 8.07 Å². The van der Waals surface area contributed by atoms with Gasteiger partial charge in [0.2, 0.25) is 5.78 Å². The molecule has 0 saturated carbocycles. The number of hydrogen-bond donors (Lipinski definition) is 0. The van der Waals surface area contributed by atoms with Crippen LogP contribution in [0, 0.1) is 6.85 Å². The lowest BCUT2D eigenvalue weighted by atomic mass is 9.64. The highest BCUT2D eigenvalue weighted by Gasteiger charge is 2.52. The van der Waals surface area contributed by atoms with Crippen LogP contribution in [-0.2, 0) is 5.41 Å². The number of imidazole rings is 2. The van der Waals surface area contributed by atoms with Crippen LogP contribution in [0.1, 0.15) is 31.9 Å². The van der Waals surface area contributed by atoms with Gasteiger partial charge in [-0.15, -0.1) is 0 Å². The summed E-state index contributed by atoms with van der Waals surface area (Å²) in [5.41, 5.74) is 9.09. The highest BCUT2D eigenvalue weighted by Crippen LogP contribution is 2.61. The van der Waals surface area contributed by atoms with Gasteiger partial charge in [-0.2, -0.15) is 0 Å². The van der Waals surface area contributed by atoms with Crippen LogP contribution in [0.15, 0.2) is 238 Å². The number of fused-ring (bicyclic) bond motifs is 13. The monoisotopic (exact) mass is 860 g/mol. The van der Waals surface area contributed by atoms with E-state index < -0.39 is 20.3 Å². The van der Waals surface area contributed by atoms with Gasteiger partial charge in [-0.05, 0) is 104 Å². The minimum absolute atomic E-state index is 0.250. The zero-order valence-electron chi connectivity index (χ0n) is 36.9. The van der Waals surface area contributed by atoms with E-state index in [1.54, 1.807) is 6.07 Å². The maximum atomic E-state index is 8.43. The second-order valence-corrected chi connectivity index (χ2v) is 22.3. The van der Waals surface area contributed by atoms with Crippen LogP contribution in [0.25, 0.3) is 33.5 Å². The molecule has 0 fully saturated rings. The van der Waals surface area contributed by atoms with Gasteiger partial charge in [-0.1, -0.05) is 193 Å². The fourth-order valence-corrected chi connectivity index (χ4v) is 18.7. The van der Waals surface area contributed by atoms with Gasteiger partial charge < -0.3 is 0 Å². The molecule has 0 N–H and O–H groups in total. The van der Waals surface area contributed by atoms with Crippen LogP contribution in [-0.4, -0.2) is 22.0 Å². The van der Waals surface area contributed by atoms with E-state index in [0.29, 0.717) is 11.3 Å². The van der Waals surface area contributed by atoms with Crippen molar-refractivity contribution in [1.82, 2.24) is 14.0 Å². The molecule has 6 heteroatoms. The first-order valence-corrected chi connectivity index (χ1v) is 24.9. The van der Waals surface area contributed by atoms with Gasteiger partial charge in [0.05, 0.1) is 27.5 Å². The molecule has 2 aliphatic heterocycles. The fraction of sp³-hybridized carbons (Fsp3) is 0.0351. The Labute approximate surface area is 380 Å². The Kier molecular flexibility index (Phi) is 7.55. The zero-order chi connectivity index (χ0) is 44.2. The molecule has 1 spiro atoms. The molecule has 4 heterocycles.